The SMILES string of the molecule is COC(=O)c1sccc1S(=O)(=O)N1CCC(n2ccnn2)C1. The first-order valence-corrected chi connectivity index (χ1v) is 8.87. The van der Waals surface area contributed by atoms with Gasteiger partial charge < -0.3 is 4.74 Å². The molecule has 0 amide bonds. The zero-order chi connectivity index (χ0) is 15.7. The molecule has 22 heavy (non-hydrogen) atoms. The van der Waals surface area contributed by atoms with Crippen LogP contribution in [-0.2, 0) is 14.8 Å². The van der Waals surface area contributed by atoms with Crippen LogP contribution in [-0.4, -0.2) is 53.9 Å². The Morgan fingerprint density at radius 3 is 3.00 bits per heavy atom. The molecule has 0 aromatic carbocycles. The number of esters is 1. The fourth-order valence-corrected chi connectivity index (χ4v) is 5.24. The van der Waals surface area contributed by atoms with Crippen molar-refractivity contribution in [2.24, 2.45) is 0 Å². The Bertz CT molecular complexity index is 769. The van der Waals surface area contributed by atoms with Gasteiger partial charge >= 0.3 is 5.97 Å². The summed E-state index contributed by atoms with van der Waals surface area (Å²) in [6.45, 7) is 0.686. The monoisotopic (exact) mass is 342 g/mol. The molecule has 0 aliphatic carbocycles. The Kier molecular flexibility index (Phi) is 3.98. The van der Waals surface area contributed by atoms with Gasteiger partial charge in [0.25, 0.3) is 0 Å². The van der Waals surface area contributed by atoms with Gasteiger partial charge in [0.1, 0.15) is 9.77 Å². The van der Waals surface area contributed by atoms with Crippen LogP contribution in [0.3, 0.4) is 0 Å². The summed E-state index contributed by atoms with van der Waals surface area (Å²) in [6, 6.07) is 1.40. The Morgan fingerprint density at radius 2 is 2.32 bits per heavy atom. The summed E-state index contributed by atoms with van der Waals surface area (Å²) < 4.78 is 33.1. The molecular weight excluding hydrogens is 328 g/mol. The van der Waals surface area contributed by atoms with E-state index in [1.807, 2.05) is 0 Å². The van der Waals surface area contributed by atoms with Crippen LogP contribution in [0.25, 0.3) is 0 Å². The Morgan fingerprint density at radius 1 is 1.50 bits per heavy atom. The van der Waals surface area contributed by atoms with Crippen molar-refractivity contribution in [3.05, 3.63) is 28.7 Å². The second-order valence-corrected chi connectivity index (χ2v) is 7.62. The lowest BCUT2D eigenvalue weighted by Crippen LogP contribution is -2.30. The van der Waals surface area contributed by atoms with Gasteiger partial charge in [0.05, 0.1) is 19.3 Å². The number of carbonyl (C=O) groups is 1. The molecule has 1 aliphatic rings. The molecule has 3 rings (SSSR count). The highest BCUT2D eigenvalue weighted by Gasteiger charge is 2.36. The molecule has 2 aromatic heterocycles. The third-order valence-electron chi connectivity index (χ3n) is 3.56. The molecule has 3 heterocycles. The predicted octanol–water partition coefficient (Wildman–Crippen LogP) is 0.762. The Balaban J connectivity index is 1.86. The van der Waals surface area contributed by atoms with E-state index in [1.165, 1.54) is 17.5 Å². The molecule has 118 valence electrons. The number of carbonyl (C=O) groups excluding carboxylic acids is 1. The van der Waals surface area contributed by atoms with E-state index < -0.39 is 16.0 Å². The smallest absolute Gasteiger partial charge is 0.349 e. The Hall–Kier alpha value is -1.78. The van der Waals surface area contributed by atoms with Crippen LogP contribution in [0.1, 0.15) is 22.1 Å². The molecule has 0 spiro atoms. The topological polar surface area (TPSA) is 94.4 Å². The number of hydrogen-bond donors (Lipinski definition) is 0. The van der Waals surface area contributed by atoms with Crippen LogP contribution in [0, 0.1) is 0 Å². The van der Waals surface area contributed by atoms with Crippen molar-refractivity contribution in [3.8, 4) is 0 Å². The number of hydrogen-bond acceptors (Lipinski definition) is 7. The van der Waals surface area contributed by atoms with Gasteiger partial charge in [-0.1, -0.05) is 5.21 Å². The molecule has 1 fully saturated rings. The van der Waals surface area contributed by atoms with Crippen LogP contribution in [0.5, 0.6) is 0 Å². The maximum atomic E-state index is 12.7. The summed E-state index contributed by atoms with van der Waals surface area (Å²) in [7, 11) is -2.49. The fraction of sp³-hybridized carbons (Fsp3) is 0.417. The van der Waals surface area contributed by atoms with Gasteiger partial charge in [-0.05, 0) is 17.9 Å². The van der Waals surface area contributed by atoms with Crippen LogP contribution >= 0.6 is 11.3 Å². The summed E-state index contributed by atoms with van der Waals surface area (Å²) >= 11 is 1.06. The normalized spacial score (nSPS) is 19.4. The largest absolute Gasteiger partial charge is 0.465 e. The standard InChI is InChI=1S/C12H14N4O4S2/c1-20-12(17)11-10(3-7-21-11)22(18,19)15-5-2-9(8-15)16-6-4-13-14-16/h3-4,6-7,9H,2,5,8H2,1H3. The van der Waals surface area contributed by atoms with E-state index in [0.29, 0.717) is 19.5 Å². The summed E-state index contributed by atoms with van der Waals surface area (Å²) in [5, 5.41) is 9.22. The molecular formula is C12H14N4O4S2. The number of aromatic nitrogens is 3. The predicted molar refractivity (Wildman–Crippen MR) is 78.1 cm³/mol. The zero-order valence-electron chi connectivity index (χ0n) is 11.7. The lowest BCUT2D eigenvalue weighted by molar-refractivity contribution is 0.0602. The third kappa shape index (κ3) is 2.53. The van der Waals surface area contributed by atoms with Gasteiger partial charge in [0.2, 0.25) is 10.0 Å². The van der Waals surface area contributed by atoms with E-state index in [9.17, 15) is 13.2 Å². The summed E-state index contributed by atoms with van der Waals surface area (Å²) in [4.78, 5) is 11.8. The van der Waals surface area contributed by atoms with E-state index >= 15 is 0 Å². The van der Waals surface area contributed by atoms with Gasteiger partial charge in [0.15, 0.2) is 0 Å². The molecule has 2 aromatic rings. The number of ether oxygens (including phenoxy) is 1. The highest BCUT2D eigenvalue weighted by molar-refractivity contribution is 7.89. The minimum atomic E-state index is -3.72. The van der Waals surface area contributed by atoms with Gasteiger partial charge in [0, 0.05) is 19.3 Å². The first kappa shape index (κ1) is 15.1. The third-order valence-corrected chi connectivity index (χ3v) is 6.49. The first-order valence-electron chi connectivity index (χ1n) is 6.56. The van der Waals surface area contributed by atoms with E-state index in [-0.39, 0.29) is 15.8 Å². The quantitative estimate of drug-likeness (QED) is 0.762. The first-order chi connectivity index (χ1) is 10.5. The molecule has 1 saturated heterocycles. The number of rotatable bonds is 4. The molecule has 0 N–H and O–H groups in total. The van der Waals surface area contributed by atoms with Crippen molar-refractivity contribution in [1.29, 1.82) is 0 Å². The average molecular weight is 342 g/mol. The van der Waals surface area contributed by atoms with E-state index in [1.54, 1.807) is 22.5 Å². The molecule has 8 nitrogen and oxygen atoms in total. The van der Waals surface area contributed by atoms with Crippen molar-refractivity contribution in [2.45, 2.75) is 17.4 Å². The second kappa shape index (κ2) is 5.78. The lowest BCUT2D eigenvalue weighted by Gasteiger charge is -2.16. The lowest BCUT2D eigenvalue weighted by atomic mass is 10.3. The van der Waals surface area contributed by atoms with Gasteiger partial charge in [-0.15, -0.1) is 16.4 Å². The van der Waals surface area contributed by atoms with Gasteiger partial charge in [-0.2, -0.15) is 4.31 Å². The van der Waals surface area contributed by atoms with Crippen molar-refractivity contribution < 1.29 is 17.9 Å². The van der Waals surface area contributed by atoms with Gasteiger partial charge in [-0.3, -0.25) is 0 Å². The van der Waals surface area contributed by atoms with E-state index in [0.717, 1.165) is 11.3 Å². The van der Waals surface area contributed by atoms with Crippen molar-refractivity contribution >= 4 is 27.3 Å². The molecule has 0 radical (unpaired) electrons. The summed E-state index contributed by atoms with van der Waals surface area (Å²) in [5.74, 6) is -0.638. The van der Waals surface area contributed by atoms with Crippen molar-refractivity contribution in [1.82, 2.24) is 19.3 Å². The van der Waals surface area contributed by atoms with Crippen molar-refractivity contribution in [3.63, 3.8) is 0 Å². The van der Waals surface area contributed by atoms with E-state index in [4.69, 9.17) is 0 Å². The van der Waals surface area contributed by atoms with Crippen LogP contribution < -0.4 is 0 Å². The van der Waals surface area contributed by atoms with Crippen LogP contribution in [0.4, 0.5) is 0 Å². The molecule has 10 heteroatoms. The average Bonchev–Trinajstić information content (AvgIpc) is 3.25. The van der Waals surface area contributed by atoms with Crippen LogP contribution in [0.15, 0.2) is 28.7 Å². The molecule has 0 bridgehead atoms. The zero-order valence-corrected chi connectivity index (χ0v) is 13.4. The molecule has 1 unspecified atom stereocenters. The second-order valence-electron chi connectivity index (χ2n) is 4.79. The van der Waals surface area contributed by atoms with Crippen molar-refractivity contribution in [2.75, 3.05) is 20.2 Å². The Labute approximate surface area is 131 Å². The fourth-order valence-electron chi connectivity index (χ4n) is 2.44. The number of thiophene rings is 1. The van der Waals surface area contributed by atoms with E-state index in [2.05, 4.69) is 15.0 Å². The minimum absolute atomic E-state index is 0.00332. The summed E-state index contributed by atoms with van der Waals surface area (Å²) in [6.07, 6.45) is 3.93. The minimum Gasteiger partial charge on any atom is -0.465 e. The van der Waals surface area contributed by atoms with Crippen LogP contribution in [0.2, 0.25) is 0 Å². The number of sulfonamides is 1. The summed E-state index contributed by atoms with van der Waals surface area (Å²) in [5.41, 5.74) is 0. The number of nitrogens with zero attached hydrogens (tertiary/aromatic N) is 4. The molecule has 1 aliphatic heterocycles. The maximum absolute atomic E-state index is 12.7. The highest BCUT2D eigenvalue weighted by atomic mass is 32.2. The van der Waals surface area contributed by atoms with Gasteiger partial charge in [-0.25, -0.2) is 17.9 Å². The molecule has 1 atom stereocenters. The molecule has 0 saturated carbocycles. The maximum Gasteiger partial charge on any atom is 0.349 e. The number of methoxy groups -OCH3 is 1. The highest BCUT2D eigenvalue weighted by Crippen LogP contribution is 2.30.